The fraction of sp³-hybridized carbons (Fsp3) is 0.400. The summed E-state index contributed by atoms with van der Waals surface area (Å²) >= 11 is 0. The van der Waals surface area contributed by atoms with E-state index in [2.05, 4.69) is 20.8 Å². The molecule has 118 valence electrons. The summed E-state index contributed by atoms with van der Waals surface area (Å²) in [5.41, 5.74) is 1.34. The van der Waals surface area contributed by atoms with Crippen molar-refractivity contribution in [2.24, 2.45) is 0 Å². The molecule has 3 N–H and O–H groups in total. The van der Waals surface area contributed by atoms with E-state index in [1.807, 2.05) is 19.9 Å². The molecule has 0 radical (unpaired) electrons. The van der Waals surface area contributed by atoms with Crippen molar-refractivity contribution < 1.29 is 14.3 Å². The molecule has 0 saturated carbocycles. The van der Waals surface area contributed by atoms with Gasteiger partial charge in [-0.1, -0.05) is 0 Å². The number of fused-ring (bicyclic) bond motifs is 1. The van der Waals surface area contributed by atoms with Crippen LogP contribution in [0.3, 0.4) is 0 Å². The molecule has 0 atom stereocenters. The summed E-state index contributed by atoms with van der Waals surface area (Å²) < 4.78 is 5.35. The molecule has 0 unspecified atom stereocenters. The van der Waals surface area contributed by atoms with Crippen LogP contribution in [0.5, 0.6) is 0 Å². The molecule has 0 fully saturated rings. The zero-order valence-corrected chi connectivity index (χ0v) is 12.7. The van der Waals surface area contributed by atoms with Gasteiger partial charge >= 0.3 is 11.8 Å². The predicted molar refractivity (Wildman–Crippen MR) is 83.4 cm³/mol. The number of anilines is 1. The lowest BCUT2D eigenvalue weighted by atomic mass is 10.2. The second-order valence-corrected chi connectivity index (χ2v) is 5.16. The van der Waals surface area contributed by atoms with E-state index in [0.29, 0.717) is 25.3 Å². The number of ether oxygens (including phenoxy) is 1. The van der Waals surface area contributed by atoms with Gasteiger partial charge in [-0.3, -0.25) is 14.7 Å². The first-order valence-electron chi connectivity index (χ1n) is 7.20. The molecule has 7 heteroatoms. The normalized spacial score (nSPS) is 10.9. The Bertz CT molecular complexity index is 651. The molecule has 0 saturated heterocycles. The highest BCUT2D eigenvalue weighted by Gasteiger charge is 2.13. The van der Waals surface area contributed by atoms with Gasteiger partial charge in [-0.15, -0.1) is 0 Å². The number of carbonyl (C=O) groups is 2. The Morgan fingerprint density at radius 1 is 1.32 bits per heavy atom. The molecule has 0 aliphatic carbocycles. The number of carbonyl (C=O) groups excluding carboxylic acids is 2. The summed E-state index contributed by atoms with van der Waals surface area (Å²) in [6.07, 6.45) is 2.51. The second-order valence-electron chi connectivity index (χ2n) is 5.16. The molecule has 1 aromatic heterocycles. The zero-order valence-electron chi connectivity index (χ0n) is 12.7. The van der Waals surface area contributed by atoms with Crippen molar-refractivity contribution in [1.29, 1.82) is 0 Å². The number of benzene rings is 1. The number of H-pyrrole nitrogens is 1. The number of nitrogens with one attached hydrogen (secondary N) is 3. The van der Waals surface area contributed by atoms with Crippen molar-refractivity contribution in [2.75, 3.05) is 18.5 Å². The summed E-state index contributed by atoms with van der Waals surface area (Å²) in [5, 5.41) is 12.7. The van der Waals surface area contributed by atoms with Crippen LogP contribution in [0.4, 0.5) is 5.69 Å². The van der Waals surface area contributed by atoms with Crippen LogP contribution < -0.4 is 10.6 Å². The molecule has 2 amide bonds. The third kappa shape index (κ3) is 4.56. The Morgan fingerprint density at radius 3 is 2.91 bits per heavy atom. The van der Waals surface area contributed by atoms with Gasteiger partial charge in [0, 0.05) is 24.2 Å². The van der Waals surface area contributed by atoms with Gasteiger partial charge in [0.2, 0.25) is 0 Å². The van der Waals surface area contributed by atoms with Crippen molar-refractivity contribution in [3.8, 4) is 0 Å². The van der Waals surface area contributed by atoms with E-state index < -0.39 is 11.8 Å². The molecule has 0 aliphatic heterocycles. The number of amides is 2. The summed E-state index contributed by atoms with van der Waals surface area (Å²) in [6.45, 7) is 4.85. The minimum atomic E-state index is -0.691. The number of aromatic amines is 1. The number of aromatic nitrogens is 2. The highest BCUT2D eigenvalue weighted by atomic mass is 16.5. The smallest absolute Gasteiger partial charge is 0.313 e. The molecular formula is C15H20N4O3. The van der Waals surface area contributed by atoms with Crippen LogP contribution in [0.1, 0.15) is 20.3 Å². The maximum absolute atomic E-state index is 11.8. The SMILES string of the molecule is CC(C)OCCCNC(=O)C(=O)Nc1ccc2cn[nH]c2c1. The van der Waals surface area contributed by atoms with Crippen LogP contribution in [0, 0.1) is 0 Å². The summed E-state index contributed by atoms with van der Waals surface area (Å²) in [4.78, 5) is 23.5. The van der Waals surface area contributed by atoms with Crippen LogP contribution in [0.25, 0.3) is 10.9 Å². The first-order valence-corrected chi connectivity index (χ1v) is 7.20. The molecule has 2 aromatic rings. The van der Waals surface area contributed by atoms with Gasteiger partial charge in [0.15, 0.2) is 0 Å². The number of hydrogen-bond donors (Lipinski definition) is 3. The molecule has 22 heavy (non-hydrogen) atoms. The maximum atomic E-state index is 11.8. The van der Waals surface area contributed by atoms with Crippen molar-refractivity contribution in [3.05, 3.63) is 24.4 Å². The molecule has 0 bridgehead atoms. The monoisotopic (exact) mass is 304 g/mol. The fourth-order valence-corrected chi connectivity index (χ4v) is 1.88. The molecule has 2 rings (SSSR count). The quantitative estimate of drug-likeness (QED) is 0.555. The highest BCUT2D eigenvalue weighted by Crippen LogP contribution is 2.16. The lowest BCUT2D eigenvalue weighted by Gasteiger charge is -2.08. The van der Waals surface area contributed by atoms with Gasteiger partial charge in [-0.05, 0) is 38.5 Å². The highest BCUT2D eigenvalue weighted by molar-refractivity contribution is 6.39. The Kier molecular flexibility index (Phi) is 5.48. The number of nitrogens with zero attached hydrogens (tertiary/aromatic N) is 1. The van der Waals surface area contributed by atoms with Gasteiger partial charge in [0.1, 0.15) is 0 Å². The molecule has 0 aliphatic rings. The number of rotatable bonds is 6. The molecular weight excluding hydrogens is 284 g/mol. The second kappa shape index (κ2) is 7.56. The van der Waals surface area contributed by atoms with Crippen LogP contribution in [-0.4, -0.2) is 41.3 Å². The van der Waals surface area contributed by atoms with E-state index in [0.717, 1.165) is 10.9 Å². The van der Waals surface area contributed by atoms with E-state index in [-0.39, 0.29) is 6.10 Å². The summed E-state index contributed by atoms with van der Waals surface area (Å²) in [7, 11) is 0. The average molecular weight is 304 g/mol. The van der Waals surface area contributed by atoms with Crippen molar-refractivity contribution >= 4 is 28.4 Å². The Morgan fingerprint density at radius 2 is 2.14 bits per heavy atom. The van der Waals surface area contributed by atoms with Gasteiger partial charge in [0.25, 0.3) is 0 Å². The Hall–Kier alpha value is -2.41. The third-order valence-electron chi connectivity index (χ3n) is 2.96. The molecule has 7 nitrogen and oxygen atoms in total. The van der Waals surface area contributed by atoms with Gasteiger partial charge in [-0.25, -0.2) is 0 Å². The first-order chi connectivity index (χ1) is 10.6. The average Bonchev–Trinajstić information content (AvgIpc) is 2.93. The van der Waals surface area contributed by atoms with Gasteiger partial charge < -0.3 is 15.4 Å². The maximum Gasteiger partial charge on any atom is 0.313 e. The zero-order chi connectivity index (χ0) is 15.9. The molecule has 1 aromatic carbocycles. The lowest BCUT2D eigenvalue weighted by molar-refractivity contribution is -0.136. The van der Waals surface area contributed by atoms with E-state index in [1.165, 1.54) is 0 Å². The Balaban J connectivity index is 1.77. The summed E-state index contributed by atoms with van der Waals surface area (Å²) in [5.74, 6) is -1.35. The van der Waals surface area contributed by atoms with E-state index in [9.17, 15) is 9.59 Å². The summed E-state index contributed by atoms with van der Waals surface area (Å²) in [6, 6.07) is 5.26. The minimum Gasteiger partial charge on any atom is -0.379 e. The van der Waals surface area contributed by atoms with E-state index in [4.69, 9.17) is 4.74 Å². The van der Waals surface area contributed by atoms with E-state index in [1.54, 1.807) is 18.3 Å². The molecule has 0 spiro atoms. The fourth-order valence-electron chi connectivity index (χ4n) is 1.88. The standard InChI is InChI=1S/C15H20N4O3/c1-10(2)22-7-3-6-16-14(20)15(21)18-12-5-4-11-9-17-19-13(11)8-12/h4-5,8-10H,3,6-7H2,1-2H3,(H,16,20)(H,17,19)(H,18,21). The molecule has 1 heterocycles. The first kappa shape index (κ1) is 16.0. The third-order valence-corrected chi connectivity index (χ3v) is 2.96. The topological polar surface area (TPSA) is 96.1 Å². The Labute approximate surface area is 128 Å². The van der Waals surface area contributed by atoms with Crippen LogP contribution in [-0.2, 0) is 14.3 Å². The van der Waals surface area contributed by atoms with Gasteiger partial charge in [0.05, 0.1) is 17.8 Å². The largest absolute Gasteiger partial charge is 0.379 e. The van der Waals surface area contributed by atoms with Gasteiger partial charge in [-0.2, -0.15) is 5.10 Å². The van der Waals surface area contributed by atoms with E-state index >= 15 is 0 Å². The van der Waals surface area contributed by atoms with Crippen LogP contribution in [0.2, 0.25) is 0 Å². The van der Waals surface area contributed by atoms with Crippen LogP contribution in [0.15, 0.2) is 24.4 Å². The lowest BCUT2D eigenvalue weighted by Crippen LogP contribution is -2.36. The van der Waals surface area contributed by atoms with Crippen LogP contribution >= 0.6 is 0 Å². The number of hydrogen-bond acceptors (Lipinski definition) is 4. The minimum absolute atomic E-state index is 0.163. The van der Waals surface area contributed by atoms with Crippen molar-refractivity contribution in [1.82, 2.24) is 15.5 Å². The predicted octanol–water partition coefficient (Wildman–Crippen LogP) is 1.43. The van der Waals surface area contributed by atoms with Crippen molar-refractivity contribution in [3.63, 3.8) is 0 Å². The van der Waals surface area contributed by atoms with Crippen molar-refractivity contribution in [2.45, 2.75) is 26.4 Å².